The number of nitrogens with zero attached hydrogens (tertiary/aromatic N) is 1. The molecule has 0 saturated heterocycles. The lowest BCUT2D eigenvalue weighted by Gasteiger charge is -2.03. The second-order valence-electron chi connectivity index (χ2n) is 5.22. The third-order valence-corrected chi connectivity index (χ3v) is 3.58. The maximum absolute atomic E-state index is 11.9. The maximum atomic E-state index is 11.9. The van der Waals surface area contributed by atoms with Gasteiger partial charge < -0.3 is 9.84 Å². The van der Waals surface area contributed by atoms with Gasteiger partial charge in [-0.2, -0.15) is 5.10 Å². The summed E-state index contributed by atoms with van der Waals surface area (Å²) < 4.78 is 5.20. The van der Waals surface area contributed by atoms with E-state index in [9.17, 15) is 9.90 Å². The molecular weight excluding hydrogens is 304 g/mol. The Kier molecular flexibility index (Phi) is 4.43. The second kappa shape index (κ2) is 6.83. The summed E-state index contributed by atoms with van der Waals surface area (Å²) in [5.41, 5.74) is 3.76. The Bertz CT molecular complexity index is 902. The number of carbonyl (C=O) groups excluding carboxylic acids is 1. The molecule has 120 valence electrons. The van der Waals surface area contributed by atoms with Crippen molar-refractivity contribution < 1.29 is 14.6 Å². The molecule has 0 heterocycles. The monoisotopic (exact) mass is 320 g/mol. The van der Waals surface area contributed by atoms with Gasteiger partial charge in [0.25, 0.3) is 5.91 Å². The van der Waals surface area contributed by atoms with Crippen molar-refractivity contribution in [2.24, 2.45) is 5.10 Å². The van der Waals surface area contributed by atoms with E-state index in [1.807, 2.05) is 36.4 Å². The lowest BCUT2D eigenvalue weighted by Crippen LogP contribution is -2.17. The highest BCUT2D eigenvalue weighted by Gasteiger charge is 2.03. The molecule has 3 rings (SSSR count). The van der Waals surface area contributed by atoms with Gasteiger partial charge >= 0.3 is 0 Å². The van der Waals surface area contributed by atoms with Gasteiger partial charge in [-0.05, 0) is 58.8 Å². The van der Waals surface area contributed by atoms with E-state index in [4.69, 9.17) is 4.74 Å². The fraction of sp³-hybridized carbons (Fsp3) is 0.0526. The maximum Gasteiger partial charge on any atom is 0.271 e. The van der Waals surface area contributed by atoms with Crippen LogP contribution in [0.3, 0.4) is 0 Å². The summed E-state index contributed by atoms with van der Waals surface area (Å²) in [4.78, 5) is 11.9. The molecule has 0 radical (unpaired) electrons. The van der Waals surface area contributed by atoms with E-state index < -0.39 is 0 Å². The Morgan fingerprint density at radius 1 is 1.04 bits per heavy atom. The molecule has 0 aromatic heterocycles. The number of methoxy groups -OCH3 is 1. The van der Waals surface area contributed by atoms with Crippen LogP contribution in [-0.2, 0) is 0 Å². The normalized spacial score (nSPS) is 10.9. The molecule has 0 fully saturated rings. The van der Waals surface area contributed by atoms with Gasteiger partial charge in [-0.25, -0.2) is 5.43 Å². The number of benzene rings is 3. The summed E-state index contributed by atoms with van der Waals surface area (Å²) in [6.45, 7) is 0. The summed E-state index contributed by atoms with van der Waals surface area (Å²) in [5.74, 6) is 0.588. The number of rotatable bonds is 4. The quantitative estimate of drug-likeness (QED) is 0.572. The van der Waals surface area contributed by atoms with Gasteiger partial charge in [0.15, 0.2) is 0 Å². The molecule has 5 nitrogen and oxygen atoms in total. The lowest BCUT2D eigenvalue weighted by atomic mass is 10.1. The van der Waals surface area contributed by atoms with Gasteiger partial charge in [-0.1, -0.05) is 18.2 Å². The molecule has 3 aromatic rings. The van der Waals surface area contributed by atoms with Gasteiger partial charge in [0, 0.05) is 5.56 Å². The van der Waals surface area contributed by atoms with Gasteiger partial charge in [-0.3, -0.25) is 4.79 Å². The van der Waals surface area contributed by atoms with E-state index in [1.165, 1.54) is 24.3 Å². The predicted octanol–water partition coefficient (Wildman–Crippen LogP) is 3.32. The highest BCUT2D eigenvalue weighted by atomic mass is 16.5. The molecule has 2 N–H and O–H groups in total. The minimum Gasteiger partial charge on any atom is -0.508 e. The molecule has 0 spiro atoms. The molecule has 1 amide bonds. The molecule has 0 saturated carbocycles. The number of ether oxygens (including phenoxy) is 1. The number of phenols is 1. The van der Waals surface area contributed by atoms with Crippen LogP contribution in [0.15, 0.2) is 65.8 Å². The zero-order valence-electron chi connectivity index (χ0n) is 13.1. The average Bonchev–Trinajstić information content (AvgIpc) is 2.61. The first-order valence-electron chi connectivity index (χ1n) is 7.36. The van der Waals surface area contributed by atoms with Crippen LogP contribution in [-0.4, -0.2) is 24.3 Å². The van der Waals surface area contributed by atoms with Crippen LogP contribution in [0.5, 0.6) is 11.5 Å². The van der Waals surface area contributed by atoms with Crippen LogP contribution >= 0.6 is 0 Å². The van der Waals surface area contributed by atoms with Gasteiger partial charge in [-0.15, -0.1) is 0 Å². The topological polar surface area (TPSA) is 70.9 Å². The van der Waals surface area contributed by atoms with E-state index in [0.29, 0.717) is 5.56 Å². The zero-order valence-corrected chi connectivity index (χ0v) is 13.1. The fourth-order valence-electron chi connectivity index (χ4n) is 2.29. The van der Waals surface area contributed by atoms with E-state index in [0.717, 1.165) is 22.1 Å². The van der Waals surface area contributed by atoms with Crippen molar-refractivity contribution in [3.05, 3.63) is 71.8 Å². The molecule has 24 heavy (non-hydrogen) atoms. The molecule has 5 heteroatoms. The third-order valence-electron chi connectivity index (χ3n) is 3.58. The van der Waals surface area contributed by atoms with Crippen molar-refractivity contribution in [3.8, 4) is 11.5 Å². The number of amides is 1. The van der Waals surface area contributed by atoms with Crippen LogP contribution < -0.4 is 10.2 Å². The summed E-state index contributed by atoms with van der Waals surface area (Å²) in [6, 6.07) is 17.7. The van der Waals surface area contributed by atoms with Crippen molar-refractivity contribution >= 4 is 22.9 Å². The Labute approximate surface area is 139 Å². The number of hydrazone groups is 1. The fourth-order valence-corrected chi connectivity index (χ4v) is 2.29. The van der Waals surface area contributed by atoms with Crippen molar-refractivity contribution in [2.45, 2.75) is 0 Å². The number of hydrogen-bond donors (Lipinski definition) is 2. The predicted molar refractivity (Wildman–Crippen MR) is 93.7 cm³/mol. The number of hydrogen-bond acceptors (Lipinski definition) is 4. The van der Waals surface area contributed by atoms with Crippen molar-refractivity contribution in [2.75, 3.05) is 7.11 Å². The Morgan fingerprint density at radius 3 is 2.50 bits per heavy atom. The molecule has 0 aliphatic carbocycles. The Hall–Kier alpha value is -3.34. The van der Waals surface area contributed by atoms with Crippen molar-refractivity contribution in [1.29, 1.82) is 0 Å². The van der Waals surface area contributed by atoms with E-state index in [-0.39, 0.29) is 11.7 Å². The third kappa shape index (κ3) is 3.52. The summed E-state index contributed by atoms with van der Waals surface area (Å²) in [7, 11) is 1.64. The summed E-state index contributed by atoms with van der Waals surface area (Å²) in [5, 5.41) is 15.3. The SMILES string of the molecule is COc1ccc2cc(C=NNC(=O)c3ccc(O)cc3)ccc2c1. The first kappa shape index (κ1) is 15.6. The van der Waals surface area contributed by atoms with Crippen LogP contribution in [0.25, 0.3) is 10.8 Å². The zero-order chi connectivity index (χ0) is 16.9. The van der Waals surface area contributed by atoms with Crippen LogP contribution in [0, 0.1) is 0 Å². The number of fused-ring (bicyclic) bond motifs is 1. The highest BCUT2D eigenvalue weighted by Crippen LogP contribution is 2.21. The second-order valence-corrected chi connectivity index (χ2v) is 5.22. The van der Waals surface area contributed by atoms with Crippen LogP contribution in [0.4, 0.5) is 0 Å². The smallest absolute Gasteiger partial charge is 0.271 e. The Balaban J connectivity index is 1.71. The molecule has 0 unspecified atom stereocenters. The van der Waals surface area contributed by atoms with Crippen LogP contribution in [0.2, 0.25) is 0 Å². The Morgan fingerprint density at radius 2 is 1.75 bits per heavy atom. The summed E-state index contributed by atoms with van der Waals surface area (Å²) in [6.07, 6.45) is 1.59. The first-order chi connectivity index (χ1) is 11.7. The molecule has 0 bridgehead atoms. The standard InChI is InChI=1S/C19H16N2O3/c1-24-18-9-6-15-10-13(2-3-16(15)11-18)12-20-21-19(23)14-4-7-17(22)8-5-14/h2-12,22H,1H3,(H,21,23). The number of carbonyl (C=O) groups is 1. The van der Waals surface area contributed by atoms with Gasteiger partial charge in [0.2, 0.25) is 0 Å². The van der Waals surface area contributed by atoms with Gasteiger partial charge in [0.1, 0.15) is 11.5 Å². The van der Waals surface area contributed by atoms with Crippen LogP contribution in [0.1, 0.15) is 15.9 Å². The number of nitrogens with one attached hydrogen (secondary N) is 1. The lowest BCUT2D eigenvalue weighted by molar-refractivity contribution is 0.0955. The van der Waals surface area contributed by atoms with Crippen molar-refractivity contribution in [3.63, 3.8) is 0 Å². The molecule has 0 aliphatic heterocycles. The van der Waals surface area contributed by atoms with E-state index in [2.05, 4.69) is 10.5 Å². The molecule has 3 aromatic carbocycles. The van der Waals surface area contributed by atoms with Gasteiger partial charge in [0.05, 0.1) is 13.3 Å². The summed E-state index contributed by atoms with van der Waals surface area (Å²) >= 11 is 0. The highest BCUT2D eigenvalue weighted by molar-refractivity contribution is 5.95. The average molecular weight is 320 g/mol. The minimum absolute atomic E-state index is 0.114. The van der Waals surface area contributed by atoms with Crippen molar-refractivity contribution in [1.82, 2.24) is 5.43 Å². The molecule has 0 atom stereocenters. The largest absolute Gasteiger partial charge is 0.508 e. The molecular formula is C19H16N2O3. The van der Waals surface area contributed by atoms with E-state index >= 15 is 0 Å². The number of aromatic hydroxyl groups is 1. The molecule has 0 aliphatic rings. The van der Waals surface area contributed by atoms with E-state index in [1.54, 1.807) is 13.3 Å². The number of phenolic OH excluding ortho intramolecular Hbond substituents is 1. The first-order valence-corrected chi connectivity index (χ1v) is 7.36. The minimum atomic E-state index is -0.336.